The number of carbonyl (C=O) groups is 2. The van der Waals surface area contributed by atoms with Gasteiger partial charge in [0.05, 0.1) is 10.9 Å². The number of rotatable bonds is 6. The van der Waals surface area contributed by atoms with Crippen LogP contribution in [0.1, 0.15) is 29.0 Å². The van der Waals surface area contributed by atoms with E-state index in [0.29, 0.717) is 35.1 Å². The van der Waals surface area contributed by atoms with Gasteiger partial charge in [-0.3, -0.25) is 25.2 Å². The molecular weight excluding hydrogens is 370 g/mol. The summed E-state index contributed by atoms with van der Waals surface area (Å²) in [6, 6.07) is 14.2. The number of hydrazine groups is 1. The molecule has 3 N–H and O–H groups in total. The van der Waals surface area contributed by atoms with Gasteiger partial charge in [-0.15, -0.1) is 0 Å². The summed E-state index contributed by atoms with van der Waals surface area (Å²) in [7, 11) is 3.77. The molecule has 0 fully saturated rings. The molecule has 2 amide bonds. The first-order valence-corrected chi connectivity index (χ1v) is 9.28. The summed E-state index contributed by atoms with van der Waals surface area (Å²) >= 11 is 0. The minimum absolute atomic E-state index is 0.189. The van der Waals surface area contributed by atoms with Gasteiger partial charge in [0.2, 0.25) is 5.91 Å². The Balaban J connectivity index is 1.48. The quantitative estimate of drug-likeness (QED) is 0.554. The molecule has 0 saturated carbocycles. The van der Waals surface area contributed by atoms with Gasteiger partial charge in [-0.2, -0.15) is 0 Å². The van der Waals surface area contributed by atoms with Gasteiger partial charge in [-0.1, -0.05) is 18.2 Å². The van der Waals surface area contributed by atoms with Crippen LogP contribution in [0.15, 0.2) is 53.3 Å². The van der Waals surface area contributed by atoms with Gasteiger partial charge in [0.15, 0.2) is 0 Å². The van der Waals surface area contributed by atoms with Crippen molar-refractivity contribution >= 4 is 28.4 Å². The van der Waals surface area contributed by atoms with E-state index in [1.807, 2.05) is 31.1 Å². The number of nitrogens with zero attached hydrogens (tertiary/aromatic N) is 2. The van der Waals surface area contributed by atoms with Crippen LogP contribution in [0.25, 0.3) is 10.9 Å². The highest BCUT2D eigenvalue weighted by Crippen LogP contribution is 2.13. The molecule has 29 heavy (non-hydrogen) atoms. The number of hydrogen-bond acceptors (Lipinski definition) is 5. The van der Waals surface area contributed by atoms with Crippen molar-refractivity contribution in [2.45, 2.75) is 19.3 Å². The Bertz CT molecular complexity index is 1090. The Morgan fingerprint density at radius 3 is 2.66 bits per heavy atom. The van der Waals surface area contributed by atoms with Crippen LogP contribution in [-0.2, 0) is 11.2 Å². The number of fused-ring (bicyclic) bond motifs is 1. The topological polar surface area (TPSA) is 107 Å². The number of nitrogens with one attached hydrogen (secondary N) is 3. The smallest absolute Gasteiger partial charge is 0.269 e. The highest BCUT2D eigenvalue weighted by atomic mass is 16.2. The number of carbonyl (C=O) groups excluding carboxylic acids is 2. The van der Waals surface area contributed by atoms with Gasteiger partial charge in [-0.25, -0.2) is 4.98 Å². The Hall–Kier alpha value is -3.68. The molecule has 3 aromatic rings. The maximum atomic E-state index is 12.2. The van der Waals surface area contributed by atoms with Crippen molar-refractivity contribution in [3.8, 4) is 0 Å². The normalized spacial score (nSPS) is 10.6. The van der Waals surface area contributed by atoms with E-state index in [9.17, 15) is 14.4 Å². The molecule has 0 bridgehead atoms. The van der Waals surface area contributed by atoms with Gasteiger partial charge in [0.1, 0.15) is 5.82 Å². The maximum Gasteiger partial charge on any atom is 0.269 e. The van der Waals surface area contributed by atoms with Crippen molar-refractivity contribution in [1.29, 1.82) is 0 Å². The van der Waals surface area contributed by atoms with Gasteiger partial charge >= 0.3 is 0 Å². The van der Waals surface area contributed by atoms with E-state index in [1.165, 1.54) is 0 Å². The summed E-state index contributed by atoms with van der Waals surface area (Å²) in [5, 5.41) is 0.537. The number of aryl methyl sites for hydroxylation is 1. The summed E-state index contributed by atoms with van der Waals surface area (Å²) < 4.78 is 0. The van der Waals surface area contributed by atoms with Crippen molar-refractivity contribution in [3.05, 3.63) is 70.3 Å². The molecule has 150 valence electrons. The fraction of sp³-hybridized carbons (Fsp3) is 0.238. The standard InChI is InChI=1S/C21H23N5O3/c1-26(2)15-8-5-7-14(13-15)20(28)25-24-19(27)12-6-11-18-22-17-10-4-3-9-16(17)21(29)23-18/h3-5,7-10,13H,6,11-12H2,1-2H3,(H,24,27)(H,25,28)(H,22,23,29). The molecule has 8 nitrogen and oxygen atoms in total. The molecule has 0 aliphatic rings. The number of H-pyrrole nitrogens is 1. The van der Waals surface area contributed by atoms with Crippen LogP contribution in [0.5, 0.6) is 0 Å². The lowest BCUT2D eigenvalue weighted by Crippen LogP contribution is -2.41. The van der Waals surface area contributed by atoms with Crippen LogP contribution < -0.4 is 21.3 Å². The first kappa shape index (κ1) is 20.1. The zero-order chi connectivity index (χ0) is 20.8. The average Bonchev–Trinajstić information content (AvgIpc) is 2.72. The van der Waals surface area contributed by atoms with Crippen molar-refractivity contribution in [2.24, 2.45) is 0 Å². The van der Waals surface area contributed by atoms with E-state index < -0.39 is 0 Å². The fourth-order valence-electron chi connectivity index (χ4n) is 2.86. The van der Waals surface area contributed by atoms with Crippen LogP contribution in [0, 0.1) is 0 Å². The number of anilines is 1. The van der Waals surface area contributed by atoms with Gasteiger partial charge in [0, 0.05) is 38.2 Å². The Kier molecular flexibility index (Phi) is 6.23. The van der Waals surface area contributed by atoms with Crippen LogP contribution in [0.2, 0.25) is 0 Å². The summed E-state index contributed by atoms with van der Waals surface area (Å²) in [6.45, 7) is 0. The third-order valence-corrected chi connectivity index (χ3v) is 4.42. The predicted molar refractivity (Wildman–Crippen MR) is 112 cm³/mol. The molecule has 1 aromatic heterocycles. The average molecular weight is 393 g/mol. The van der Waals surface area contributed by atoms with E-state index in [0.717, 1.165) is 5.69 Å². The van der Waals surface area contributed by atoms with E-state index in [2.05, 4.69) is 20.8 Å². The minimum Gasteiger partial charge on any atom is -0.378 e. The SMILES string of the molecule is CN(C)c1cccc(C(=O)NNC(=O)CCCc2nc3ccccc3c(=O)[nH]2)c1. The third-order valence-electron chi connectivity index (χ3n) is 4.42. The number of amides is 2. The molecule has 3 rings (SSSR count). The van der Waals surface area contributed by atoms with Crippen molar-refractivity contribution < 1.29 is 9.59 Å². The maximum absolute atomic E-state index is 12.2. The highest BCUT2D eigenvalue weighted by Gasteiger charge is 2.09. The van der Waals surface area contributed by atoms with Crippen molar-refractivity contribution in [1.82, 2.24) is 20.8 Å². The minimum atomic E-state index is -0.387. The molecule has 0 radical (unpaired) electrons. The first-order chi connectivity index (χ1) is 13.9. The van der Waals surface area contributed by atoms with Gasteiger partial charge in [-0.05, 0) is 36.8 Å². The second-order valence-electron chi connectivity index (χ2n) is 6.83. The Morgan fingerprint density at radius 1 is 1.07 bits per heavy atom. The van der Waals surface area contributed by atoms with Gasteiger partial charge < -0.3 is 9.88 Å². The van der Waals surface area contributed by atoms with Crippen LogP contribution in [0.4, 0.5) is 5.69 Å². The molecule has 2 aromatic carbocycles. The van der Waals surface area contributed by atoms with Crippen LogP contribution >= 0.6 is 0 Å². The zero-order valence-corrected chi connectivity index (χ0v) is 16.4. The Morgan fingerprint density at radius 2 is 1.86 bits per heavy atom. The van der Waals surface area contributed by atoms with E-state index in [4.69, 9.17) is 0 Å². The lowest BCUT2D eigenvalue weighted by atomic mass is 10.2. The lowest BCUT2D eigenvalue weighted by molar-refractivity contribution is -0.121. The summed E-state index contributed by atoms with van der Waals surface area (Å²) in [5.41, 5.74) is 6.61. The van der Waals surface area contributed by atoms with Gasteiger partial charge in [0.25, 0.3) is 11.5 Å². The molecule has 0 aliphatic heterocycles. The number of aromatic nitrogens is 2. The monoisotopic (exact) mass is 393 g/mol. The molecule has 0 unspecified atom stereocenters. The largest absolute Gasteiger partial charge is 0.378 e. The number of hydrogen-bond donors (Lipinski definition) is 3. The Labute approximate surface area is 167 Å². The van der Waals surface area contributed by atoms with Crippen LogP contribution in [-0.4, -0.2) is 35.9 Å². The summed E-state index contributed by atoms with van der Waals surface area (Å²) in [5.74, 6) is -0.168. The second-order valence-corrected chi connectivity index (χ2v) is 6.83. The van der Waals surface area contributed by atoms with E-state index >= 15 is 0 Å². The molecule has 0 saturated heterocycles. The van der Waals surface area contributed by atoms with Crippen molar-refractivity contribution in [2.75, 3.05) is 19.0 Å². The molecule has 1 heterocycles. The molecular formula is C21H23N5O3. The molecule has 0 atom stereocenters. The van der Waals surface area contributed by atoms with E-state index in [1.54, 1.807) is 36.4 Å². The number of benzene rings is 2. The molecule has 0 spiro atoms. The fourth-order valence-corrected chi connectivity index (χ4v) is 2.86. The van der Waals surface area contributed by atoms with Crippen LogP contribution in [0.3, 0.4) is 0 Å². The van der Waals surface area contributed by atoms with Crippen molar-refractivity contribution in [3.63, 3.8) is 0 Å². The lowest BCUT2D eigenvalue weighted by Gasteiger charge is -2.13. The zero-order valence-electron chi connectivity index (χ0n) is 16.4. The second kappa shape index (κ2) is 9.01. The first-order valence-electron chi connectivity index (χ1n) is 9.28. The van der Waals surface area contributed by atoms with E-state index in [-0.39, 0.29) is 23.8 Å². The predicted octanol–water partition coefficient (Wildman–Crippen LogP) is 1.77. The molecule has 0 aliphatic carbocycles. The summed E-state index contributed by atoms with van der Waals surface area (Å²) in [4.78, 5) is 45.3. The molecule has 8 heteroatoms. The number of aromatic amines is 1. The third kappa shape index (κ3) is 5.19. The summed E-state index contributed by atoms with van der Waals surface area (Å²) in [6.07, 6.45) is 1.12. The highest BCUT2D eigenvalue weighted by molar-refractivity contribution is 5.96. The number of para-hydroxylation sites is 1.